The van der Waals surface area contributed by atoms with Crippen molar-refractivity contribution >= 4 is 206 Å². The highest BCUT2D eigenvalue weighted by Crippen LogP contribution is 2.41. The van der Waals surface area contributed by atoms with Crippen LogP contribution in [0.2, 0.25) is 40.2 Å². The predicted octanol–water partition coefficient (Wildman–Crippen LogP) is 18.8. The van der Waals surface area contributed by atoms with Crippen LogP contribution >= 0.6 is 118 Å². The number of aromatic nitrogens is 8. The molecular formula is C84H54Cl10N8O16S2. The van der Waals surface area contributed by atoms with Crippen molar-refractivity contribution in [1.82, 2.24) is 36.5 Å². The monoisotopic (exact) mass is 1840 g/mol. The van der Waals surface area contributed by atoms with E-state index in [9.17, 15) is 38.4 Å². The van der Waals surface area contributed by atoms with Crippen molar-refractivity contribution in [2.24, 2.45) is 0 Å². The van der Waals surface area contributed by atoms with E-state index in [-0.39, 0.29) is 92.4 Å². The van der Waals surface area contributed by atoms with Gasteiger partial charge in [-0.2, -0.15) is 16.8 Å². The molecule has 12 heterocycles. The van der Waals surface area contributed by atoms with Gasteiger partial charge in [0.2, 0.25) is 21.7 Å². The van der Waals surface area contributed by atoms with Crippen molar-refractivity contribution in [3.05, 3.63) is 369 Å². The minimum atomic E-state index is -4.67. The minimum Gasteiger partial charge on any atom is -0.334 e. The molecule has 4 N–H and O–H groups in total. The van der Waals surface area contributed by atoms with E-state index in [0.29, 0.717) is 122 Å². The van der Waals surface area contributed by atoms with Crippen LogP contribution in [0.5, 0.6) is 0 Å². The second kappa shape index (κ2) is 34.6. The Hall–Kier alpha value is -11.0. The van der Waals surface area contributed by atoms with Gasteiger partial charge in [-0.05, 0) is 157 Å². The Kier molecular flexibility index (Phi) is 25.1. The smallest absolute Gasteiger partial charge is 0.334 e. The standard InChI is InChI=1S/4C21H12Cl2N2O2.2ClH.2H2O4S/c2*22-14-6-3-7-15(23)13(14)11-25-16-8-2-1-5-12(16)20(26)18-19(25)17-9-4-10-24(17)21(18)27;2*22-14-8-7-12(10-15(14)23)11-25-16-5-2-1-4-13(16)20(26)18-19(25)17-6-3-9-24(17)21(18)27;;;2*1-5(2,3)4/h4*1-10H,11H2;2*1H;2*(H2,1,2,3,4). The van der Waals surface area contributed by atoms with Crippen molar-refractivity contribution in [3.8, 4) is 45.6 Å². The largest absolute Gasteiger partial charge is 0.394 e. The number of carbonyl (C=O) groups is 4. The van der Waals surface area contributed by atoms with Crippen LogP contribution in [-0.2, 0) is 47.0 Å². The van der Waals surface area contributed by atoms with E-state index in [1.54, 1.807) is 158 Å². The molecule has 0 bridgehead atoms. The second-order valence-electron chi connectivity index (χ2n) is 26.7. The molecule has 24 nitrogen and oxygen atoms in total. The van der Waals surface area contributed by atoms with E-state index in [0.717, 1.165) is 55.7 Å². The number of nitrogens with zero attached hydrogens (tertiary/aromatic N) is 8. The molecule has 16 aromatic rings. The first-order valence-electron chi connectivity index (χ1n) is 34.9. The highest BCUT2D eigenvalue weighted by molar-refractivity contribution is 7.80. The first-order chi connectivity index (χ1) is 56.3. The number of hydrogen-bond acceptors (Lipinski definition) is 12. The summed E-state index contributed by atoms with van der Waals surface area (Å²) in [5, 5.41) is 6.11. The third kappa shape index (κ3) is 16.4. The minimum absolute atomic E-state index is 0. The van der Waals surface area contributed by atoms with E-state index in [1.807, 2.05) is 103 Å². The van der Waals surface area contributed by atoms with Gasteiger partial charge in [0.15, 0.2) is 0 Å². The van der Waals surface area contributed by atoms with E-state index in [2.05, 4.69) is 0 Å². The van der Waals surface area contributed by atoms with Crippen LogP contribution < -0.4 is 21.7 Å². The number of benzene rings is 8. The summed E-state index contributed by atoms with van der Waals surface area (Å²) in [4.78, 5) is 103. The molecule has 0 saturated heterocycles. The first kappa shape index (κ1) is 86.9. The molecule has 8 aromatic heterocycles. The Bertz CT molecular complexity index is 7020. The Morgan fingerprint density at radius 2 is 0.483 bits per heavy atom. The molecule has 0 saturated carbocycles. The topological polar surface area (TPSA) is 325 Å². The second-order valence-corrected chi connectivity index (χ2v) is 31.7. The molecule has 0 unspecified atom stereocenters. The number of pyridine rings is 4. The van der Waals surface area contributed by atoms with Crippen molar-refractivity contribution in [2.45, 2.75) is 26.2 Å². The fraction of sp³-hybridized carbons (Fsp3) is 0.0476. The summed E-state index contributed by atoms with van der Waals surface area (Å²) in [7, 11) is -9.33. The molecule has 4 aliphatic rings. The van der Waals surface area contributed by atoms with E-state index in [4.69, 9.17) is 128 Å². The summed E-state index contributed by atoms with van der Waals surface area (Å²) in [5.41, 5.74) is 11.5. The summed E-state index contributed by atoms with van der Waals surface area (Å²) in [6.45, 7) is 1.61. The molecule has 0 amide bonds. The molecule has 0 radical (unpaired) electrons. The Morgan fingerprint density at radius 3 is 0.717 bits per heavy atom. The van der Waals surface area contributed by atoms with Gasteiger partial charge in [-0.15, -0.1) is 24.8 Å². The van der Waals surface area contributed by atoms with Crippen molar-refractivity contribution in [3.63, 3.8) is 0 Å². The summed E-state index contributed by atoms with van der Waals surface area (Å²) in [6.07, 6.45) is 6.72. The average Bonchev–Trinajstić information content (AvgIpc) is 1.83. The van der Waals surface area contributed by atoms with Gasteiger partial charge in [-0.1, -0.05) is 166 Å². The molecular weight excluding hydrogens is 1800 g/mol. The number of para-hydroxylation sites is 4. The lowest BCUT2D eigenvalue weighted by Gasteiger charge is -2.17. The Labute approximate surface area is 730 Å². The molecule has 4 aliphatic heterocycles. The molecule has 0 spiro atoms. The van der Waals surface area contributed by atoms with Crippen LogP contribution in [0.3, 0.4) is 0 Å². The maximum absolute atomic E-state index is 13.0. The number of fused-ring (bicyclic) bond motifs is 16. The Morgan fingerprint density at radius 1 is 0.258 bits per heavy atom. The fourth-order valence-electron chi connectivity index (χ4n) is 14.9. The summed E-state index contributed by atoms with van der Waals surface area (Å²) < 4.78 is 77.1. The van der Waals surface area contributed by atoms with E-state index in [1.165, 1.54) is 18.3 Å². The number of carbonyl (C=O) groups excluding carboxylic acids is 4. The lowest BCUT2D eigenvalue weighted by Crippen LogP contribution is -2.20. The van der Waals surface area contributed by atoms with Crippen LogP contribution in [0.15, 0.2) is 262 Å². The number of hydrogen-bond donors (Lipinski definition) is 4. The lowest BCUT2D eigenvalue weighted by molar-refractivity contribution is 0.0960. The number of rotatable bonds is 8. The summed E-state index contributed by atoms with van der Waals surface area (Å²) >= 11 is 50.0. The third-order valence-corrected chi connectivity index (χ3v) is 22.7. The first-order valence-corrected chi connectivity index (χ1v) is 40.7. The van der Waals surface area contributed by atoms with Gasteiger partial charge in [0.25, 0.3) is 23.6 Å². The third-order valence-electron chi connectivity index (χ3n) is 19.8. The van der Waals surface area contributed by atoms with Gasteiger partial charge in [-0.25, -0.2) is 0 Å². The van der Waals surface area contributed by atoms with Gasteiger partial charge in [0.1, 0.15) is 22.3 Å². The van der Waals surface area contributed by atoms with Crippen LogP contribution in [0.4, 0.5) is 0 Å². The maximum atomic E-state index is 13.0. The van der Waals surface area contributed by atoms with Gasteiger partial charge in [0, 0.05) is 90.6 Å². The van der Waals surface area contributed by atoms with Gasteiger partial charge >= 0.3 is 20.8 Å². The van der Waals surface area contributed by atoms with Crippen LogP contribution in [-0.4, -0.2) is 95.2 Å². The highest BCUT2D eigenvalue weighted by Gasteiger charge is 2.38. The van der Waals surface area contributed by atoms with Gasteiger partial charge in [0.05, 0.1) is 101 Å². The quantitative estimate of drug-likeness (QED) is 0.103. The fourth-order valence-corrected chi connectivity index (χ4v) is 16.6. The molecule has 608 valence electrons. The molecule has 120 heavy (non-hydrogen) atoms. The zero-order valence-corrected chi connectivity index (χ0v) is 70.2. The molecule has 36 heteroatoms. The van der Waals surface area contributed by atoms with Crippen LogP contribution in [0.1, 0.15) is 63.7 Å². The molecule has 0 aliphatic carbocycles. The number of halogens is 10. The summed E-state index contributed by atoms with van der Waals surface area (Å²) in [5.74, 6) is -1.19. The summed E-state index contributed by atoms with van der Waals surface area (Å²) in [6, 6.07) is 65.4. The Balaban J connectivity index is 0.000000132. The zero-order valence-electron chi connectivity index (χ0n) is 60.8. The van der Waals surface area contributed by atoms with E-state index >= 15 is 0 Å². The maximum Gasteiger partial charge on any atom is 0.394 e. The van der Waals surface area contributed by atoms with Crippen LogP contribution in [0, 0.1) is 0 Å². The van der Waals surface area contributed by atoms with Crippen molar-refractivity contribution in [1.29, 1.82) is 0 Å². The van der Waals surface area contributed by atoms with Gasteiger partial charge < -0.3 is 18.3 Å². The highest BCUT2D eigenvalue weighted by atomic mass is 35.5. The van der Waals surface area contributed by atoms with Gasteiger partial charge in [-0.3, -0.25) is 74.8 Å². The molecule has 0 fully saturated rings. The molecule has 20 rings (SSSR count). The van der Waals surface area contributed by atoms with Crippen molar-refractivity contribution in [2.75, 3.05) is 0 Å². The van der Waals surface area contributed by atoms with Crippen molar-refractivity contribution < 1.29 is 54.2 Å². The van der Waals surface area contributed by atoms with Crippen LogP contribution in [0.25, 0.3) is 89.2 Å². The zero-order chi connectivity index (χ0) is 83.8. The SMILES string of the molecule is Cl.Cl.O=C1c2c(n(Cc3c(Cl)cccc3Cl)c3ccccc3c2=O)-c2cccn21.O=C1c2c(n(Cc3c(Cl)cccc3Cl)c3ccccc3c2=O)-c2cccn21.O=C1c2c(n(Cc3ccc(Cl)c(Cl)c3)c3ccccc3c2=O)-c2cccn21.O=C1c2c(n(Cc3ccc(Cl)c(Cl)c3)c3ccccc3c2=O)-c2cccn21.O=S(=O)(O)O.O=S(=O)(O)O. The average molecular weight is 1850 g/mol. The molecule has 0 atom stereocenters. The predicted molar refractivity (Wildman–Crippen MR) is 471 cm³/mol. The van der Waals surface area contributed by atoms with E-state index < -0.39 is 20.8 Å². The molecule has 8 aromatic carbocycles. The normalized spacial score (nSPS) is 12.2. The lowest BCUT2D eigenvalue weighted by atomic mass is 10.1.